The molecule has 0 fully saturated rings. The van der Waals surface area contributed by atoms with Crippen molar-refractivity contribution < 1.29 is 13.9 Å². The van der Waals surface area contributed by atoms with Crippen LogP contribution in [-0.2, 0) is 6.54 Å². The van der Waals surface area contributed by atoms with Gasteiger partial charge in [0, 0.05) is 23.2 Å². The molecule has 0 aliphatic rings. The Bertz CT molecular complexity index is 695. The summed E-state index contributed by atoms with van der Waals surface area (Å²) >= 11 is 11.9. The van der Waals surface area contributed by atoms with Gasteiger partial charge >= 0.3 is 0 Å². The molecule has 0 aliphatic heterocycles. The third kappa shape index (κ3) is 4.28. The van der Waals surface area contributed by atoms with E-state index < -0.39 is 5.82 Å². The van der Waals surface area contributed by atoms with Gasteiger partial charge in [-0.15, -0.1) is 0 Å². The zero-order valence-electron chi connectivity index (χ0n) is 13.1. The molecule has 2 rings (SSSR count). The van der Waals surface area contributed by atoms with Crippen LogP contribution in [0.2, 0.25) is 10.0 Å². The largest absolute Gasteiger partial charge is 0.497 e. The minimum Gasteiger partial charge on any atom is -0.497 e. The number of ether oxygens (including phenoxy) is 2. The van der Waals surface area contributed by atoms with E-state index in [9.17, 15) is 4.39 Å². The van der Waals surface area contributed by atoms with E-state index in [4.69, 9.17) is 32.7 Å². The molecule has 1 unspecified atom stereocenters. The lowest BCUT2D eigenvalue weighted by Crippen LogP contribution is -2.19. The molecule has 6 heteroatoms. The van der Waals surface area contributed by atoms with Crippen molar-refractivity contribution in [2.45, 2.75) is 19.5 Å². The normalized spacial score (nSPS) is 12.1. The highest BCUT2D eigenvalue weighted by atomic mass is 35.5. The van der Waals surface area contributed by atoms with E-state index in [1.807, 2.05) is 25.1 Å². The maximum absolute atomic E-state index is 13.6. The Balaban J connectivity index is 2.16. The fourth-order valence-corrected chi connectivity index (χ4v) is 2.81. The molecule has 124 valence electrons. The second-order valence-corrected chi connectivity index (χ2v) is 5.88. The van der Waals surface area contributed by atoms with Crippen molar-refractivity contribution in [3.05, 3.63) is 57.3 Å². The zero-order valence-corrected chi connectivity index (χ0v) is 14.6. The summed E-state index contributed by atoms with van der Waals surface area (Å²) in [6, 6.07) is 8.17. The predicted molar refractivity (Wildman–Crippen MR) is 91.2 cm³/mol. The Hall–Kier alpha value is -1.49. The molecule has 0 amide bonds. The van der Waals surface area contributed by atoms with Crippen molar-refractivity contribution in [1.29, 1.82) is 0 Å². The van der Waals surface area contributed by atoms with Crippen molar-refractivity contribution in [2.24, 2.45) is 0 Å². The molecule has 0 aliphatic carbocycles. The lowest BCUT2D eigenvalue weighted by Gasteiger charge is -2.18. The van der Waals surface area contributed by atoms with Crippen LogP contribution >= 0.6 is 23.2 Å². The molecular weight excluding hydrogens is 340 g/mol. The minimum absolute atomic E-state index is 0.0143. The lowest BCUT2D eigenvalue weighted by atomic mass is 10.1. The number of hydrogen-bond donors (Lipinski definition) is 1. The Morgan fingerprint density at radius 3 is 2.48 bits per heavy atom. The van der Waals surface area contributed by atoms with Gasteiger partial charge in [0.1, 0.15) is 17.3 Å². The van der Waals surface area contributed by atoms with Crippen molar-refractivity contribution in [3.63, 3.8) is 0 Å². The van der Waals surface area contributed by atoms with Gasteiger partial charge in [0.25, 0.3) is 0 Å². The smallest absolute Gasteiger partial charge is 0.142 e. The molecule has 2 aromatic carbocycles. The molecule has 0 saturated carbocycles. The Morgan fingerprint density at radius 2 is 1.83 bits per heavy atom. The maximum atomic E-state index is 13.6. The van der Waals surface area contributed by atoms with Gasteiger partial charge in [0.2, 0.25) is 0 Å². The molecule has 1 atom stereocenters. The van der Waals surface area contributed by atoms with Crippen LogP contribution in [0.5, 0.6) is 11.5 Å². The first-order chi connectivity index (χ1) is 11.0. The second-order valence-electron chi connectivity index (χ2n) is 5.07. The van der Waals surface area contributed by atoms with Crippen LogP contribution < -0.4 is 14.8 Å². The van der Waals surface area contributed by atoms with Crippen LogP contribution in [0.15, 0.2) is 30.3 Å². The molecule has 0 radical (unpaired) electrons. The fraction of sp³-hybridized carbons (Fsp3) is 0.294. The van der Waals surface area contributed by atoms with Crippen LogP contribution in [0.1, 0.15) is 24.1 Å². The van der Waals surface area contributed by atoms with Gasteiger partial charge in [0.15, 0.2) is 0 Å². The minimum atomic E-state index is -0.487. The van der Waals surface area contributed by atoms with E-state index in [2.05, 4.69) is 5.32 Å². The molecule has 0 bridgehead atoms. The lowest BCUT2D eigenvalue weighted by molar-refractivity contribution is 0.395. The summed E-state index contributed by atoms with van der Waals surface area (Å²) < 4.78 is 24.2. The average molecular weight is 358 g/mol. The van der Waals surface area contributed by atoms with Gasteiger partial charge in [-0.3, -0.25) is 0 Å². The molecule has 0 heterocycles. The SMILES string of the molecule is COc1ccc(OC)c(CNC(C)c2cc(F)c(Cl)cc2Cl)c1. The summed E-state index contributed by atoms with van der Waals surface area (Å²) in [6.07, 6.45) is 0. The summed E-state index contributed by atoms with van der Waals surface area (Å²) in [5.74, 6) is 1.00. The monoisotopic (exact) mass is 357 g/mol. The van der Waals surface area contributed by atoms with Gasteiger partial charge in [-0.1, -0.05) is 23.2 Å². The van der Waals surface area contributed by atoms with Gasteiger partial charge in [-0.25, -0.2) is 4.39 Å². The van der Waals surface area contributed by atoms with Crippen molar-refractivity contribution in [2.75, 3.05) is 14.2 Å². The Kier molecular flexibility index (Phi) is 6.10. The molecule has 1 N–H and O–H groups in total. The highest BCUT2D eigenvalue weighted by Crippen LogP contribution is 2.29. The standard InChI is InChI=1S/C17H18Cl2FNO2/c1-10(13-7-16(20)15(19)8-14(13)18)21-9-11-6-12(22-2)4-5-17(11)23-3/h4-8,10,21H,9H2,1-3H3. The summed E-state index contributed by atoms with van der Waals surface area (Å²) in [7, 11) is 3.22. The second kappa shape index (κ2) is 7.86. The van der Waals surface area contributed by atoms with Gasteiger partial charge in [0.05, 0.1) is 19.2 Å². The van der Waals surface area contributed by atoms with Crippen molar-refractivity contribution >= 4 is 23.2 Å². The van der Waals surface area contributed by atoms with E-state index >= 15 is 0 Å². The number of hydrogen-bond acceptors (Lipinski definition) is 3. The van der Waals surface area contributed by atoms with Crippen LogP contribution in [0.4, 0.5) is 4.39 Å². The first-order valence-corrected chi connectivity index (χ1v) is 7.80. The molecule has 2 aromatic rings. The fourth-order valence-electron chi connectivity index (χ4n) is 2.26. The predicted octanol–water partition coefficient (Wildman–Crippen LogP) is 5.00. The van der Waals surface area contributed by atoms with E-state index in [1.165, 1.54) is 12.1 Å². The van der Waals surface area contributed by atoms with E-state index in [-0.39, 0.29) is 11.1 Å². The first-order valence-electron chi connectivity index (χ1n) is 7.05. The molecule has 3 nitrogen and oxygen atoms in total. The first kappa shape index (κ1) is 17.9. The molecular formula is C17H18Cl2FNO2. The van der Waals surface area contributed by atoms with E-state index in [0.717, 1.165) is 17.1 Å². The highest BCUT2D eigenvalue weighted by molar-refractivity contribution is 6.35. The summed E-state index contributed by atoms with van der Waals surface area (Å²) in [5, 5.41) is 3.74. The van der Waals surface area contributed by atoms with Crippen LogP contribution in [0.3, 0.4) is 0 Å². The summed E-state index contributed by atoms with van der Waals surface area (Å²) in [5.41, 5.74) is 1.58. The van der Waals surface area contributed by atoms with Gasteiger partial charge in [-0.2, -0.15) is 0 Å². The number of rotatable bonds is 6. The topological polar surface area (TPSA) is 30.5 Å². The number of methoxy groups -OCH3 is 2. The van der Waals surface area contributed by atoms with Crippen molar-refractivity contribution in [3.8, 4) is 11.5 Å². The number of benzene rings is 2. The third-order valence-electron chi connectivity index (χ3n) is 3.59. The van der Waals surface area contributed by atoms with E-state index in [1.54, 1.807) is 14.2 Å². The summed E-state index contributed by atoms with van der Waals surface area (Å²) in [4.78, 5) is 0. The summed E-state index contributed by atoms with van der Waals surface area (Å²) in [6.45, 7) is 2.42. The Labute approximate surface area is 145 Å². The maximum Gasteiger partial charge on any atom is 0.142 e. The van der Waals surface area contributed by atoms with Gasteiger partial charge < -0.3 is 14.8 Å². The molecule has 0 saturated heterocycles. The Morgan fingerprint density at radius 1 is 1.09 bits per heavy atom. The highest BCUT2D eigenvalue weighted by Gasteiger charge is 2.14. The van der Waals surface area contributed by atoms with Gasteiger partial charge in [-0.05, 0) is 42.8 Å². The third-order valence-corrected chi connectivity index (χ3v) is 4.21. The number of halogens is 3. The van der Waals surface area contributed by atoms with Crippen molar-refractivity contribution in [1.82, 2.24) is 5.32 Å². The molecule has 0 aromatic heterocycles. The zero-order chi connectivity index (χ0) is 17.0. The molecule has 23 heavy (non-hydrogen) atoms. The van der Waals surface area contributed by atoms with E-state index in [0.29, 0.717) is 17.1 Å². The quantitative estimate of drug-likeness (QED) is 0.737. The van der Waals surface area contributed by atoms with Crippen LogP contribution in [0, 0.1) is 5.82 Å². The van der Waals surface area contributed by atoms with Crippen LogP contribution in [0.25, 0.3) is 0 Å². The number of nitrogens with one attached hydrogen (secondary N) is 1. The van der Waals surface area contributed by atoms with Crippen LogP contribution in [-0.4, -0.2) is 14.2 Å². The average Bonchev–Trinajstić information content (AvgIpc) is 2.55. The molecule has 0 spiro atoms.